The maximum absolute atomic E-state index is 11.4. The van der Waals surface area contributed by atoms with Gasteiger partial charge in [0.05, 0.1) is 6.61 Å². The average molecular weight is 263 g/mol. The van der Waals surface area contributed by atoms with Crippen molar-refractivity contribution in [2.75, 3.05) is 19.7 Å². The predicted molar refractivity (Wildman–Crippen MR) is 73.5 cm³/mol. The molecule has 1 saturated heterocycles. The van der Waals surface area contributed by atoms with Gasteiger partial charge in [-0.05, 0) is 57.0 Å². The smallest absolute Gasteiger partial charge is 0.321 e. The number of likely N-dealkylation sites (tertiary alicyclic amines) is 1. The Kier molecular flexibility index (Phi) is 4.80. The van der Waals surface area contributed by atoms with E-state index in [9.17, 15) is 9.90 Å². The van der Waals surface area contributed by atoms with Crippen molar-refractivity contribution in [3.63, 3.8) is 0 Å². The zero-order valence-electron chi connectivity index (χ0n) is 11.3. The second kappa shape index (κ2) is 6.57. The molecule has 1 N–H and O–H groups in total. The number of hydrogen-bond donors (Lipinski definition) is 1. The summed E-state index contributed by atoms with van der Waals surface area (Å²) in [7, 11) is 0. The molecule has 2 rings (SSSR count). The third-order valence-corrected chi connectivity index (χ3v) is 3.53. The summed E-state index contributed by atoms with van der Waals surface area (Å²) in [6.45, 7) is 4.38. The zero-order valence-corrected chi connectivity index (χ0v) is 11.3. The van der Waals surface area contributed by atoms with Gasteiger partial charge in [-0.15, -0.1) is 0 Å². The Balaban J connectivity index is 2.02. The molecule has 0 unspecified atom stereocenters. The summed E-state index contributed by atoms with van der Waals surface area (Å²) < 4.78 is 5.39. The van der Waals surface area contributed by atoms with Crippen LogP contribution in [0.1, 0.15) is 25.3 Å². The minimum absolute atomic E-state index is 0.402. The van der Waals surface area contributed by atoms with Crippen LogP contribution in [0.3, 0.4) is 0 Å². The number of rotatable bonds is 6. The van der Waals surface area contributed by atoms with Gasteiger partial charge >= 0.3 is 5.97 Å². The largest absolute Gasteiger partial charge is 0.494 e. The molecule has 0 spiro atoms. The summed E-state index contributed by atoms with van der Waals surface area (Å²) >= 11 is 0. The fourth-order valence-corrected chi connectivity index (χ4v) is 2.54. The Morgan fingerprint density at radius 2 is 1.95 bits per heavy atom. The Labute approximate surface area is 114 Å². The van der Waals surface area contributed by atoms with Gasteiger partial charge in [-0.25, -0.2) is 0 Å². The lowest BCUT2D eigenvalue weighted by atomic mass is 10.0. The summed E-state index contributed by atoms with van der Waals surface area (Å²) in [6, 6.07) is 7.32. The van der Waals surface area contributed by atoms with Crippen molar-refractivity contribution in [1.29, 1.82) is 0 Å². The van der Waals surface area contributed by atoms with Crippen LogP contribution in [0.4, 0.5) is 0 Å². The van der Waals surface area contributed by atoms with E-state index in [4.69, 9.17) is 4.74 Å². The van der Waals surface area contributed by atoms with Crippen LogP contribution in [0.2, 0.25) is 0 Å². The molecule has 0 radical (unpaired) electrons. The molecule has 0 aromatic heterocycles. The van der Waals surface area contributed by atoms with E-state index in [1.54, 1.807) is 0 Å². The van der Waals surface area contributed by atoms with Crippen molar-refractivity contribution in [3.05, 3.63) is 29.8 Å². The van der Waals surface area contributed by atoms with Crippen LogP contribution in [-0.4, -0.2) is 41.7 Å². The minimum atomic E-state index is -0.726. The number of benzene rings is 1. The predicted octanol–water partition coefficient (Wildman–Crippen LogP) is 2.18. The zero-order chi connectivity index (χ0) is 13.7. The molecular weight excluding hydrogens is 242 g/mol. The first kappa shape index (κ1) is 13.9. The summed E-state index contributed by atoms with van der Waals surface area (Å²) in [5, 5.41) is 9.37. The highest BCUT2D eigenvalue weighted by Gasteiger charge is 2.27. The van der Waals surface area contributed by atoms with E-state index in [2.05, 4.69) is 4.90 Å². The first-order valence-electron chi connectivity index (χ1n) is 6.89. The van der Waals surface area contributed by atoms with E-state index in [1.165, 1.54) is 0 Å². The molecule has 4 nitrogen and oxygen atoms in total. The van der Waals surface area contributed by atoms with Crippen molar-refractivity contribution in [2.45, 2.75) is 32.2 Å². The molecule has 1 aliphatic heterocycles. The van der Waals surface area contributed by atoms with Gasteiger partial charge in [0.2, 0.25) is 0 Å². The lowest BCUT2D eigenvalue weighted by Crippen LogP contribution is -2.40. The number of carbonyl (C=O) groups is 1. The molecule has 1 atom stereocenters. The monoisotopic (exact) mass is 263 g/mol. The van der Waals surface area contributed by atoms with Crippen LogP contribution in [0.5, 0.6) is 5.75 Å². The number of hydrogen-bond acceptors (Lipinski definition) is 3. The van der Waals surface area contributed by atoms with Gasteiger partial charge < -0.3 is 9.84 Å². The number of nitrogens with zero attached hydrogens (tertiary/aromatic N) is 1. The summed E-state index contributed by atoms with van der Waals surface area (Å²) in [5.74, 6) is 0.107. The molecule has 1 aliphatic rings. The van der Waals surface area contributed by atoms with E-state index in [0.717, 1.165) is 37.2 Å². The molecule has 0 amide bonds. The van der Waals surface area contributed by atoms with Crippen LogP contribution < -0.4 is 4.74 Å². The second-order valence-corrected chi connectivity index (χ2v) is 4.88. The van der Waals surface area contributed by atoms with Crippen molar-refractivity contribution < 1.29 is 14.6 Å². The van der Waals surface area contributed by atoms with Gasteiger partial charge in [0, 0.05) is 0 Å². The normalized spacial score (nSPS) is 17.3. The van der Waals surface area contributed by atoms with Gasteiger partial charge in [-0.2, -0.15) is 0 Å². The minimum Gasteiger partial charge on any atom is -0.494 e. The van der Waals surface area contributed by atoms with Crippen LogP contribution in [0.15, 0.2) is 24.3 Å². The number of aliphatic carboxylic acids is 1. The molecular formula is C15H21NO3. The molecule has 1 aromatic carbocycles. The standard InChI is InChI=1S/C15H21NO3/c1-2-19-13-7-5-12(6-8-13)11-14(15(17)18)16-9-3-4-10-16/h5-8,14H,2-4,9-11H2,1H3,(H,17,18)/t14-/m1/s1. The van der Waals surface area contributed by atoms with Gasteiger partial charge in [0.15, 0.2) is 0 Å². The Morgan fingerprint density at radius 1 is 1.32 bits per heavy atom. The molecule has 0 saturated carbocycles. The fraction of sp³-hybridized carbons (Fsp3) is 0.533. The van der Waals surface area contributed by atoms with Crippen molar-refractivity contribution >= 4 is 5.97 Å². The Morgan fingerprint density at radius 3 is 2.47 bits per heavy atom. The Hall–Kier alpha value is -1.55. The number of carboxylic acids is 1. The highest BCUT2D eigenvalue weighted by atomic mass is 16.5. The van der Waals surface area contributed by atoms with Crippen LogP contribution in [-0.2, 0) is 11.2 Å². The quantitative estimate of drug-likeness (QED) is 0.854. The Bertz CT molecular complexity index is 410. The fourth-order valence-electron chi connectivity index (χ4n) is 2.54. The molecule has 104 valence electrons. The van der Waals surface area contributed by atoms with E-state index in [0.29, 0.717) is 13.0 Å². The van der Waals surface area contributed by atoms with Gasteiger partial charge in [-0.1, -0.05) is 12.1 Å². The summed E-state index contributed by atoms with van der Waals surface area (Å²) in [5.41, 5.74) is 1.04. The maximum atomic E-state index is 11.4. The summed E-state index contributed by atoms with van der Waals surface area (Å²) in [6.07, 6.45) is 2.77. The van der Waals surface area contributed by atoms with Crippen LogP contribution >= 0.6 is 0 Å². The summed E-state index contributed by atoms with van der Waals surface area (Å²) in [4.78, 5) is 13.5. The highest BCUT2D eigenvalue weighted by Crippen LogP contribution is 2.18. The third-order valence-electron chi connectivity index (χ3n) is 3.53. The highest BCUT2D eigenvalue weighted by molar-refractivity contribution is 5.74. The molecule has 1 fully saturated rings. The van der Waals surface area contributed by atoms with Crippen molar-refractivity contribution in [2.24, 2.45) is 0 Å². The molecule has 0 bridgehead atoms. The first-order valence-corrected chi connectivity index (χ1v) is 6.89. The van der Waals surface area contributed by atoms with Gasteiger partial charge in [-0.3, -0.25) is 9.69 Å². The van der Waals surface area contributed by atoms with E-state index < -0.39 is 12.0 Å². The van der Waals surface area contributed by atoms with E-state index in [1.807, 2.05) is 31.2 Å². The second-order valence-electron chi connectivity index (χ2n) is 4.88. The van der Waals surface area contributed by atoms with Gasteiger partial charge in [0.25, 0.3) is 0 Å². The van der Waals surface area contributed by atoms with E-state index >= 15 is 0 Å². The SMILES string of the molecule is CCOc1ccc(C[C@H](C(=O)O)N2CCCC2)cc1. The molecule has 1 aromatic rings. The molecule has 19 heavy (non-hydrogen) atoms. The first-order chi connectivity index (χ1) is 9.20. The molecule has 1 heterocycles. The maximum Gasteiger partial charge on any atom is 0.321 e. The lowest BCUT2D eigenvalue weighted by molar-refractivity contribution is -0.142. The average Bonchev–Trinajstić information content (AvgIpc) is 2.91. The lowest BCUT2D eigenvalue weighted by Gasteiger charge is -2.23. The molecule has 0 aliphatic carbocycles. The van der Waals surface area contributed by atoms with Crippen molar-refractivity contribution in [3.8, 4) is 5.75 Å². The van der Waals surface area contributed by atoms with Crippen molar-refractivity contribution in [1.82, 2.24) is 4.90 Å². The number of carboxylic acid groups (broad SMARTS) is 1. The number of ether oxygens (including phenoxy) is 1. The molecule has 4 heteroatoms. The van der Waals surface area contributed by atoms with Crippen LogP contribution in [0.25, 0.3) is 0 Å². The topological polar surface area (TPSA) is 49.8 Å². The van der Waals surface area contributed by atoms with E-state index in [-0.39, 0.29) is 0 Å². The third kappa shape index (κ3) is 3.70. The van der Waals surface area contributed by atoms with Gasteiger partial charge in [0.1, 0.15) is 11.8 Å². The van der Waals surface area contributed by atoms with Crippen LogP contribution in [0, 0.1) is 0 Å².